The Hall–Kier alpha value is -2.18. The molecule has 2 aromatic carbocycles. The summed E-state index contributed by atoms with van der Waals surface area (Å²) in [5, 5.41) is 0. The summed E-state index contributed by atoms with van der Waals surface area (Å²) >= 11 is 1.63. The fourth-order valence-electron chi connectivity index (χ4n) is 2.82. The fraction of sp³-hybridized carbons (Fsp3) is 0.316. The number of carbonyl (C=O) groups is 1. The van der Waals surface area contributed by atoms with Crippen molar-refractivity contribution in [1.82, 2.24) is 0 Å². The first kappa shape index (κ1) is 16.3. The van der Waals surface area contributed by atoms with E-state index < -0.39 is 0 Å². The molecule has 0 N–H and O–H groups in total. The van der Waals surface area contributed by atoms with E-state index in [0.717, 1.165) is 30.1 Å². The van der Waals surface area contributed by atoms with Crippen molar-refractivity contribution in [1.29, 1.82) is 0 Å². The Morgan fingerprint density at radius 3 is 2.92 bits per heavy atom. The van der Waals surface area contributed by atoms with Gasteiger partial charge in [0.15, 0.2) is 11.5 Å². The molecule has 0 aromatic heterocycles. The average Bonchev–Trinajstić information content (AvgIpc) is 3.31. The van der Waals surface area contributed by atoms with Crippen LogP contribution in [0.5, 0.6) is 17.2 Å². The number of hydrogen-bond donors (Lipinski definition) is 0. The second-order valence-corrected chi connectivity index (χ2v) is 6.91. The zero-order valence-corrected chi connectivity index (χ0v) is 14.4. The van der Waals surface area contributed by atoms with E-state index in [1.807, 2.05) is 18.2 Å². The smallest absolute Gasteiger partial charge is 0.344 e. The number of thioether (sulfide) groups is 1. The summed E-state index contributed by atoms with van der Waals surface area (Å²) in [5.41, 5.74) is 0.558. The lowest BCUT2D eigenvalue weighted by Gasteiger charge is -2.12. The van der Waals surface area contributed by atoms with Crippen LogP contribution in [-0.2, 0) is 4.74 Å². The Balaban J connectivity index is 1.46. The molecule has 25 heavy (non-hydrogen) atoms. The highest BCUT2D eigenvalue weighted by Gasteiger charge is 2.20. The molecule has 2 heterocycles. The van der Waals surface area contributed by atoms with E-state index in [2.05, 4.69) is 0 Å². The summed E-state index contributed by atoms with van der Waals surface area (Å²) in [6, 6.07) is 12.6. The minimum atomic E-state index is -0.380. The topological polar surface area (TPSA) is 54.0 Å². The van der Waals surface area contributed by atoms with Gasteiger partial charge < -0.3 is 18.9 Å². The SMILES string of the molecule is O=C(Oc1ccc2c(c1)OCO2)c1ccccc1SC[C@H]1CCCO1. The molecule has 0 amide bonds. The molecule has 0 unspecified atom stereocenters. The van der Waals surface area contributed by atoms with Crippen molar-refractivity contribution < 1.29 is 23.7 Å². The van der Waals surface area contributed by atoms with E-state index >= 15 is 0 Å². The molecular formula is C19H18O5S. The Morgan fingerprint density at radius 2 is 2.04 bits per heavy atom. The van der Waals surface area contributed by atoms with Crippen LogP contribution in [-0.4, -0.2) is 31.2 Å². The standard InChI is InChI=1S/C19H18O5S/c20-19(24-13-7-8-16-17(10-13)23-12-22-16)15-5-1-2-6-18(15)25-11-14-4-3-9-21-14/h1-2,5-8,10,14H,3-4,9,11-12H2/t14-/m1/s1. The normalized spacial score (nSPS) is 18.3. The number of fused-ring (bicyclic) bond motifs is 1. The molecule has 2 aromatic rings. The molecule has 0 spiro atoms. The molecule has 0 saturated carbocycles. The Bertz CT molecular complexity index is 770. The van der Waals surface area contributed by atoms with Gasteiger partial charge in [0.1, 0.15) is 5.75 Å². The van der Waals surface area contributed by atoms with E-state index in [1.54, 1.807) is 36.0 Å². The summed E-state index contributed by atoms with van der Waals surface area (Å²) in [6.07, 6.45) is 2.46. The second kappa shape index (κ2) is 7.37. The highest BCUT2D eigenvalue weighted by molar-refractivity contribution is 7.99. The van der Waals surface area contributed by atoms with Gasteiger partial charge >= 0.3 is 5.97 Å². The summed E-state index contributed by atoms with van der Waals surface area (Å²) in [4.78, 5) is 13.5. The molecule has 6 heteroatoms. The van der Waals surface area contributed by atoms with Gasteiger partial charge in [0.05, 0.1) is 11.7 Å². The predicted octanol–water partition coefficient (Wildman–Crippen LogP) is 3.91. The number of hydrogen-bond acceptors (Lipinski definition) is 6. The Morgan fingerprint density at radius 1 is 1.16 bits per heavy atom. The predicted molar refractivity (Wildman–Crippen MR) is 93.7 cm³/mol. The van der Waals surface area contributed by atoms with Crippen LogP contribution in [0, 0.1) is 0 Å². The van der Waals surface area contributed by atoms with Gasteiger partial charge in [-0.25, -0.2) is 4.79 Å². The van der Waals surface area contributed by atoms with Gasteiger partial charge in [-0.1, -0.05) is 12.1 Å². The van der Waals surface area contributed by atoms with Crippen molar-refractivity contribution in [3.63, 3.8) is 0 Å². The van der Waals surface area contributed by atoms with E-state index in [4.69, 9.17) is 18.9 Å². The first-order chi connectivity index (χ1) is 12.3. The zero-order chi connectivity index (χ0) is 17.1. The van der Waals surface area contributed by atoms with E-state index in [1.165, 1.54) is 0 Å². The second-order valence-electron chi connectivity index (χ2n) is 5.85. The number of ether oxygens (including phenoxy) is 4. The molecule has 1 saturated heterocycles. The van der Waals surface area contributed by atoms with Crippen molar-refractivity contribution in [3.8, 4) is 17.2 Å². The van der Waals surface area contributed by atoms with Gasteiger partial charge in [0.2, 0.25) is 6.79 Å². The molecule has 4 rings (SSSR count). The molecule has 0 radical (unpaired) electrons. The Labute approximate surface area is 150 Å². The molecule has 0 bridgehead atoms. The van der Waals surface area contributed by atoms with Crippen LogP contribution in [0.25, 0.3) is 0 Å². The molecule has 1 fully saturated rings. The van der Waals surface area contributed by atoms with Crippen LogP contribution in [0.3, 0.4) is 0 Å². The fourth-order valence-corrected chi connectivity index (χ4v) is 3.93. The summed E-state index contributed by atoms with van der Waals surface area (Å²) < 4.78 is 21.7. The van der Waals surface area contributed by atoms with Gasteiger partial charge in [-0.2, -0.15) is 0 Å². The maximum Gasteiger partial charge on any atom is 0.344 e. The van der Waals surface area contributed by atoms with Crippen LogP contribution in [0.1, 0.15) is 23.2 Å². The highest BCUT2D eigenvalue weighted by Crippen LogP contribution is 2.35. The number of esters is 1. The van der Waals surface area contributed by atoms with Gasteiger partial charge in [0, 0.05) is 23.3 Å². The van der Waals surface area contributed by atoms with E-state index in [0.29, 0.717) is 22.8 Å². The average molecular weight is 358 g/mol. The van der Waals surface area contributed by atoms with Crippen molar-refractivity contribution in [2.75, 3.05) is 19.2 Å². The van der Waals surface area contributed by atoms with Gasteiger partial charge in [-0.3, -0.25) is 0 Å². The van der Waals surface area contributed by atoms with Gasteiger partial charge in [-0.15, -0.1) is 11.8 Å². The molecular weight excluding hydrogens is 340 g/mol. The molecule has 1 atom stereocenters. The lowest BCUT2D eigenvalue weighted by Crippen LogP contribution is -2.11. The summed E-state index contributed by atoms with van der Waals surface area (Å²) in [7, 11) is 0. The molecule has 5 nitrogen and oxygen atoms in total. The lowest BCUT2D eigenvalue weighted by molar-refractivity contribution is 0.0731. The van der Waals surface area contributed by atoms with E-state index in [9.17, 15) is 4.79 Å². The summed E-state index contributed by atoms with van der Waals surface area (Å²) in [6.45, 7) is 1.02. The highest BCUT2D eigenvalue weighted by atomic mass is 32.2. The zero-order valence-electron chi connectivity index (χ0n) is 13.6. The molecule has 2 aliphatic rings. The molecule has 2 aliphatic heterocycles. The van der Waals surface area contributed by atoms with Crippen molar-refractivity contribution in [2.24, 2.45) is 0 Å². The largest absolute Gasteiger partial charge is 0.454 e. The molecule has 0 aliphatic carbocycles. The number of carbonyl (C=O) groups excluding carboxylic acids is 1. The maximum atomic E-state index is 12.6. The van der Waals surface area contributed by atoms with Crippen LogP contribution in [0.2, 0.25) is 0 Å². The number of rotatable bonds is 5. The van der Waals surface area contributed by atoms with Crippen molar-refractivity contribution in [3.05, 3.63) is 48.0 Å². The van der Waals surface area contributed by atoms with Crippen LogP contribution in [0.4, 0.5) is 0 Å². The third-order valence-electron chi connectivity index (χ3n) is 4.11. The maximum absolute atomic E-state index is 12.6. The van der Waals surface area contributed by atoms with Crippen molar-refractivity contribution in [2.45, 2.75) is 23.8 Å². The summed E-state index contributed by atoms with van der Waals surface area (Å²) in [5.74, 6) is 2.15. The van der Waals surface area contributed by atoms with Crippen LogP contribution in [0.15, 0.2) is 47.4 Å². The third-order valence-corrected chi connectivity index (χ3v) is 5.32. The first-order valence-electron chi connectivity index (χ1n) is 8.25. The van der Waals surface area contributed by atoms with Crippen LogP contribution >= 0.6 is 11.8 Å². The van der Waals surface area contributed by atoms with Gasteiger partial charge in [0.25, 0.3) is 0 Å². The molecule has 130 valence electrons. The Kier molecular flexibility index (Phi) is 4.81. The van der Waals surface area contributed by atoms with Gasteiger partial charge in [-0.05, 0) is 37.1 Å². The third kappa shape index (κ3) is 3.75. The number of benzene rings is 2. The minimum absolute atomic E-state index is 0.190. The van der Waals surface area contributed by atoms with Crippen LogP contribution < -0.4 is 14.2 Å². The monoisotopic (exact) mass is 358 g/mol. The first-order valence-corrected chi connectivity index (χ1v) is 9.23. The minimum Gasteiger partial charge on any atom is -0.454 e. The van der Waals surface area contributed by atoms with Crippen molar-refractivity contribution >= 4 is 17.7 Å². The van der Waals surface area contributed by atoms with E-state index in [-0.39, 0.29) is 18.9 Å². The quantitative estimate of drug-likeness (QED) is 0.459. The lowest BCUT2D eigenvalue weighted by atomic mass is 10.2.